The van der Waals surface area contributed by atoms with Crippen LogP contribution in [-0.4, -0.2) is 25.0 Å². The van der Waals surface area contributed by atoms with Crippen LogP contribution in [0.25, 0.3) is 0 Å². The zero-order valence-corrected chi connectivity index (χ0v) is 15.6. The highest BCUT2D eigenvalue weighted by Crippen LogP contribution is 2.17. The molecule has 0 bridgehead atoms. The van der Waals surface area contributed by atoms with Crippen molar-refractivity contribution in [2.24, 2.45) is 0 Å². The first kappa shape index (κ1) is 20.3. The largest absolute Gasteiger partial charge is 0.490 e. The van der Waals surface area contributed by atoms with Gasteiger partial charge in [-0.3, -0.25) is 20.4 Å². The summed E-state index contributed by atoms with van der Waals surface area (Å²) in [5, 5.41) is 0. The van der Waals surface area contributed by atoms with Crippen LogP contribution in [-0.2, 0) is 4.79 Å². The van der Waals surface area contributed by atoms with Crippen molar-refractivity contribution in [3.8, 4) is 11.5 Å². The Kier molecular flexibility index (Phi) is 8.69. The molecule has 0 unspecified atom stereocenters. The molecule has 2 N–H and O–H groups in total. The molecule has 0 fully saturated rings. The molecule has 27 heavy (non-hydrogen) atoms. The zero-order valence-electron chi connectivity index (χ0n) is 15.6. The lowest BCUT2D eigenvalue weighted by molar-refractivity contribution is -0.121. The first-order chi connectivity index (χ1) is 13.2. The van der Waals surface area contributed by atoms with E-state index in [1.165, 1.54) is 0 Å². The third kappa shape index (κ3) is 7.40. The van der Waals surface area contributed by atoms with E-state index in [9.17, 15) is 9.59 Å². The predicted molar refractivity (Wildman–Crippen MR) is 104 cm³/mol. The van der Waals surface area contributed by atoms with Gasteiger partial charge in [-0.15, -0.1) is 0 Å². The molecule has 0 spiro atoms. The van der Waals surface area contributed by atoms with Crippen LogP contribution < -0.4 is 20.3 Å². The standard InChI is InChI=1S/C21H26N2O4/c1-2-3-5-14-20(24)22-23-21(25)18-12-8-9-13-19(18)27-16-15-26-17-10-6-4-7-11-17/h4,6-13H,2-3,5,14-16H2,1H3,(H,22,24)(H,23,25). The van der Waals surface area contributed by atoms with Crippen LogP contribution in [0, 0.1) is 0 Å². The maximum Gasteiger partial charge on any atom is 0.273 e. The number of hydrazine groups is 1. The fourth-order valence-electron chi connectivity index (χ4n) is 2.40. The van der Waals surface area contributed by atoms with Crippen molar-refractivity contribution in [2.75, 3.05) is 13.2 Å². The fourth-order valence-corrected chi connectivity index (χ4v) is 2.40. The SMILES string of the molecule is CCCCCC(=O)NNC(=O)c1ccccc1OCCOc1ccccc1. The molecule has 0 aliphatic heterocycles. The normalized spacial score (nSPS) is 10.1. The molecule has 0 aliphatic carbocycles. The number of nitrogens with one attached hydrogen (secondary N) is 2. The van der Waals surface area contributed by atoms with Gasteiger partial charge in [-0.2, -0.15) is 0 Å². The number of ether oxygens (including phenoxy) is 2. The number of unbranched alkanes of at least 4 members (excludes halogenated alkanes) is 2. The van der Waals surface area contributed by atoms with Gasteiger partial charge in [0.15, 0.2) is 0 Å². The highest BCUT2D eigenvalue weighted by Gasteiger charge is 2.13. The molecule has 2 aromatic rings. The molecular formula is C21H26N2O4. The zero-order chi connectivity index (χ0) is 19.3. The van der Waals surface area contributed by atoms with E-state index >= 15 is 0 Å². The summed E-state index contributed by atoms with van der Waals surface area (Å²) >= 11 is 0. The number of carbonyl (C=O) groups excluding carboxylic acids is 2. The molecule has 2 rings (SSSR count). The van der Waals surface area contributed by atoms with Crippen LogP contribution in [0.3, 0.4) is 0 Å². The second-order valence-electron chi connectivity index (χ2n) is 5.97. The van der Waals surface area contributed by atoms with Crippen LogP contribution in [0.1, 0.15) is 43.0 Å². The van der Waals surface area contributed by atoms with Gasteiger partial charge in [0, 0.05) is 6.42 Å². The van der Waals surface area contributed by atoms with E-state index in [-0.39, 0.29) is 5.91 Å². The Morgan fingerprint density at radius 2 is 1.56 bits per heavy atom. The Balaban J connectivity index is 1.79. The number of amides is 2. The Morgan fingerprint density at radius 3 is 2.33 bits per heavy atom. The monoisotopic (exact) mass is 370 g/mol. The summed E-state index contributed by atoms with van der Waals surface area (Å²) in [6.45, 7) is 2.72. The molecule has 6 nitrogen and oxygen atoms in total. The maximum absolute atomic E-state index is 12.3. The number of carbonyl (C=O) groups is 2. The van der Waals surface area contributed by atoms with Crippen molar-refractivity contribution in [2.45, 2.75) is 32.6 Å². The molecule has 0 aliphatic rings. The first-order valence-electron chi connectivity index (χ1n) is 9.19. The topological polar surface area (TPSA) is 76.7 Å². The highest BCUT2D eigenvalue weighted by atomic mass is 16.5. The average Bonchev–Trinajstić information content (AvgIpc) is 2.71. The molecule has 2 amide bonds. The predicted octanol–water partition coefficient (Wildman–Crippen LogP) is 3.49. The van der Waals surface area contributed by atoms with Gasteiger partial charge in [0.25, 0.3) is 5.91 Å². The molecule has 0 aromatic heterocycles. The van der Waals surface area contributed by atoms with Gasteiger partial charge in [0.1, 0.15) is 24.7 Å². The maximum atomic E-state index is 12.3. The van der Waals surface area contributed by atoms with Crippen LogP contribution in [0.15, 0.2) is 54.6 Å². The summed E-state index contributed by atoms with van der Waals surface area (Å²) in [6.07, 6.45) is 3.23. The first-order valence-corrected chi connectivity index (χ1v) is 9.19. The van der Waals surface area contributed by atoms with Crippen LogP contribution in [0.2, 0.25) is 0 Å². The van der Waals surface area contributed by atoms with E-state index in [4.69, 9.17) is 9.47 Å². The van der Waals surface area contributed by atoms with Crippen LogP contribution >= 0.6 is 0 Å². The summed E-state index contributed by atoms with van der Waals surface area (Å²) in [7, 11) is 0. The Bertz CT molecular complexity index is 719. The molecule has 2 aromatic carbocycles. The number of para-hydroxylation sites is 2. The quantitative estimate of drug-likeness (QED) is 0.496. The summed E-state index contributed by atoms with van der Waals surface area (Å²) < 4.78 is 11.2. The lowest BCUT2D eigenvalue weighted by atomic mass is 10.2. The van der Waals surface area contributed by atoms with Gasteiger partial charge in [0.2, 0.25) is 5.91 Å². The van der Waals surface area contributed by atoms with Crippen molar-refractivity contribution in [1.82, 2.24) is 10.9 Å². The lowest BCUT2D eigenvalue weighted by Gasteiger charge is -2.13. The number of hydrogen-bond acceptors (Lipinski definition) is 4. The fraction of sp³-hybridized carbons (Fsp3) is 0.333. The third-order valence-electron chi connectivity index (χ3n) is 3.81. The van der Waals surface area contributed by atoms with Gasteiger partial charge in [-0.05, 0) is 30.7 Å². The Labute approximate surface area is 159 Å². The highest BCUT2D eigenvalue weighted by molar-refractivity contribution is 5.97. The van der Waals surface area contributed by atoms with E-state index in [0.29, 0.717) is 30.9 Å². The average molecular weight is 370 g/mol. The minimum absolute atomic E-state index is 0.202. The minimum Gasteiger partial charge on any atom is -0.490 e. The van der Waals surface area contributed by atoms with Crippen molar-refractivity contribution < 1.29 is 19.1 Å². The molecule has 6 heteroatoms. The number of rotatable bonds is 10. The second kappa shape index (κ2) is 11.6. The van der Waals surface area contributed by atoms with E-state index in [0.717, 1.165) is 25.0 Å². The van der Waals surface area contributed by atoms with Crippen LogP contribution in [0.5, 0.6) is 11.5 Å². The summed E-state index contributed by atoms with van der Waals surface area (Å²) in [5.74, 6) is 0.578. The van der Waals surface area contributed by atoms with Crippen molar-refractivity contribution >= 4 is 11.8 Å². The van der Waals surface area contributed by atoms with Gasteiger partial charge < -0.3 is 9.47 Å². The van der Waals surface area contributed by atoms with Crippen molar-refractivity contribution in [3.63, 3.8) is 0 Å². The van der Waals surface area contributed by atoms with Gasteiger partial charge >= 0.3 is 0 Å². The molecule has 0 saturated heterocycles. The van der Waals surface area contributed by atoms with E-state index in [1.54, 1.807) is 24.3 Å². The van der Waals surface area contributed by atoms with Crippen LogP contribution in [0.4, 0.5) is 0 Å². The van der Waals surface area contributed by atoms with Gasteiger partial charge in [-0.1, -0.05) is 50.1 Å². The van der Waals surface area contributed by atoms with Crippen molar-refractivity contribution in [1.29, 1.82) is 0 Å². The summed E-state index contributed by atoms with van der Waals surface area (Å²) in [6, 6.07) is 16.3. The van der Waals surface area contributed by atoms with E-state index in [2.05, 4.69) is 17.8 Å². The third-order valence-corrected chi connectivity index (χ3v) is 3.81. The smallest absolute Gasteiger partial charge is 0.273 e. The molecule has 0 atom stereocenters. The number of benzene rings is 2. The molecular weight excluding hydrogens is 344 g/mol. The van der Waals surface area contributed by atoms with Gasteiger partial charge in [-0.25, -0.2) is 0 Å². The number of hydrogen-bond donors (Lipinski definition) is 2. The molecule has 0 heterocycles. The molecule has 0 saturated carbocycles. The Morgan fingerprint density at radius 1 is 0.852 bits per heavy atom. The Hall–Kier alpha value is -3.02. The molecule has 144 valence electrons. The van der Waals surface area contributed by atoms with Crippen molar-refractivity contribution in [3.05, 3.63) is 60.2 Å². The minimum atomic E-state index is -0.418. The summed E-state index contributed by atoms with van der Waals surface area (Å²) in [5.41, 5.74) is 5.22. The summed E-state index contributed by atoms with van der Waals surface area (Å²) in [4.78, 5) is 24.0. The second-order valence-corrected chi connectivity index (χ2v) is 5.97. The molecule has 0 radical (unpaired) electrons. The lowest BCUT2D eigenvalue weighted by Crippen LogP contribution is -2.41. The van der Waals surface area contributed by atoms with E-state index < -0.39 is 5.91 Å². The van der Waals surface area contributed by atoms with E-state index in [1.807, 2.05) is 30.3 Å². The van der Waals surface area contributed by atoms with Gasteiger partial charge in [0.05, 0.1) is 5.56 Å².